The van der Waals surface area contributed by atoms with E-state index in [1.54, 1.807) is 42.6 Å². The van der Waals surface area contributed by atoms with E-state index in [2.05, 4.69) is 20.6 Å². The summed E-state index contributed by atoms with van der Waals surface area (Å²) in [7, 11) is 0. The van der Waals surface area contributed by atoms with E-state index in [9.17, 15) is 22.4 Å². The third kappa shape index (κ3) is 6.09. The number of amides is 1. The van der Waals surface area contributed by atoms with E-state index >= 15 is 0 Å². The molecule has 0 unspecified atom stereocenters. The number of alkyl halides is 3. The van der Waals surface area contributed by atoms with E-state index in [1.165, 1.54) is 0 Å². The summed E-state index contributed by atoms with van der Waals surface area (Å²) < 4.78 is 58.0. The molecule has 2 N–H and O–H groups in total. The summed E-state index contributed by atoms with van der Waals surface area (Å²) in [5.74, 6) is 0.226. The third-order valence-electron chi connectivity index (χ3n) is 4.93. The van der Waals surface area contributed by atoms with Gasteiger partial charge in [0.15, 0.2) is 0 Å². The smallest absolute Gasteiger partial charge is 0.416 e. The average molecular weight is 472 g/mol. The number of rotatable bonds is 7. The van der Waals surface area contributed by atoms with Crippen molar-refractivity contribution in [3.8, 4) is 11.5 Å². The summed E-state index contributed by atoms with van der Waals surface area (Å²) in [6, 6.07) is 12.5. The number of hydrogen-bond acceptors (Lipinski definition) is 5. The summed E-state index contributed by atoms with van der Waals surface area (Å²) in [5.41, 5.74) is 0.0554. The van der Waals surface area contributed by atoms with Crippen molar-refractivity contribution >= 4 is 17.4 Å². The minimum absolute atomic E-state index is 0.00772. The second-order valence-electron chi connectivity index (χ2n) is 7.56. The molecule has 1 amide bonds. The lowest BCUT2D eigenvalue weighted by molar-refractivity contribution is -0.137. The fraction of sp³-hybridized carbons (Fsp3) is 0.208. The molecule has 0 spiro atoms. The van der Waals surface area contributed by atoms with Crippen LogP contribution in [0.4, 0.5) is 23.2 Å². The Hall–Kier alpha value is -3.95. The van der Waals surface area contributed by atoms with Crippen molar-refractivity contribution in [1.29, 1.82) is 0 Å². The maximum absolute atomic E-state index is 13.5. The van der Waals surface area contributed by atoms with Crippen molar-refractivity contribution in [1.82, 2.24) is 10.3 Å². The van der Waals surface area contributed by atoms with Crippen LogP contribution < -0.4 is 15.4 Å². The highest BCUT2D eigenvalue weighted by atomic mass is 19.4. The minimum atomic E-state index is -4.71. The van der Waals surface area contributed by atoms with Gasteiger partial charge in [0.05, 0.1) is 12.1 Å². The maximum atomic E-state index is 13.5. The lowest BCUT2D eigenvalue weighted by atomic mass is 10.1. The average Bonchev–Trinajstić information content (AvgIpc) is 3.32. The summed E-state index contributed by atoms with van der Waals surface area (Å²) in [5, 5.41) is 5.47. The molecule has 1 aromatic heterocycles. The molecule has 3 aromatic rings. The van der Waals surface area contributed by atoms with Gasteiger partial charge in [0, 0.05) is 30.9 Å². The summed E-state index contributed by atoms with van der Waals surface area (Å²) in [6.07, 6.45) is -2.78. The molecule has 1 aliphatic rings. The molecule has 2 aromatic carbocycles. The largest absolute Gasteiger partial charge is 0.457 e. The number of carbonyl (C=O) groups excluding carboxylic acids is 1. The number of anilines is 1. The number of carbonyl (C=O) groups is 1. The monoisotopic (exact) mass is 472 g/mol. The standard InChI is InChI=1S/C24H20F4N4O2/c25-17-11-16(24(26,27)28)12-18(13-17)32-22(33)5-4-15-2-1-3-19(10-15)34-20-6-7-29-21(14-20)23-30-8-9-31-23/h1-3,6-7,10-14H,4-5,8-9H2,(H,30,31)(H,32,33). The number of benzene rings is 2. The van der Waals surface area contributed by atoms with Gasteiger partial charge in [-0.2, -0.15) is 13.2 Å². The van der Waals surface area contributed by atoms with Crippen LogP contribution in [0.2, 0.25) is 0 Å². The molecule has 0 bridgehead atoms. The van der Waals surface area contributed by atoms with E-state index in [0.29, 0.717) is 48.1 Å². The van der Waals surface area contributed by atoms with E-state index < -0.39 is 23.5 Å². The molecule has 0 atom stereocenters. The summed E-state index contributed by atoms with van der Waals surface area (Å²) in [4.78, 5) is 20.8. The van der Waals surface area contributed by atoms with Crippen LogP contribution in [-0.4, -0.2) is 29.8 Å². The highest BCUT2D eigenvalue weighted by molar-refractivity contribution is 5.98. The van der Waals surface area contributed by atoms with Crippen LogP contribution in [0.3, 0.4) is 0 Å². The van der Waals surface area contributed by atoms with E-state index in [1.807, 2.05) is 0 Å². The number of pyridine rings is 1. The third-order valence-corrected chi connectivity index (χ3v) is 4.93. The van der Waals surface area contributed by atoms with Crippen molar-refractivity contribution in [2.75, 3.05) is 18.4 Å². The Bertz CT molecular complexity index is 1230. The van der Waals surface area contributed by atoms with Gasteiger partial charge in [-0.1, -0.05) is 12.1 Å². The zero-order valence-electron chi connectivity index (χ0n) is 17.8. The number of nitrogens with zero attached hydrogens (tertiary/aromatic N) is 2. The van der Waals surface area contributed by atoms with Crippen LogP contribution in [0.1, 0.15) is 23.2 Å². The van der Waals surface area contributed by atoms with Gasteiger partial charge in [0.2, 0.25) is 5.91 Å². The van der Waals surface area contributed by atoms with Gasteiger partial charge < -0.3 is 15.4 Å². The van der Waals surface area contributed by atoms with E-state index in [4.69, 9.17) is 4.74 Å². The molecule has 0 fully saturated rings. The summed E-state index contributed by atoms with van der Waals surface area (Å²) in [6.45, 7) is 1.46. The number of aliphatic imine (C=N–C) groups is 1. The van der Waals surface area contributed by atoms with Crippen LogP contribution in [0.15, 0.2) is 65.8 Å². The lowest BCUT2D eigenvalue weighted by Crippen LogP contribution is -2.20. The Balaban J connectivity index is 1.36. The molecular weight excluding hydrogens is 452 g/mol. The van der Waals surface area contributed by atoms with Crippen LogP contribution in [0, 0.1) is 5.82 Å². The van der Waals surface area contributed by atoms with Gasteiger partial charge in [-0.05, 0) is 48.4 Å². The first-order valence-corrected chi connectivity index (χ1v) is 10.5. The van der Waals surface area contributed by atoms with E-state index in [-0.39, 0.29) is 12.1 Å². The molecule has 0 saturated carbocycles. The first-order valence-electron chi connectivity index (χ1n) is 10.5. The molecule has 0 saturated heterocycles. The predicted molar refractivity (Wildman–Crippen MR) is 119 cm³/mol. The zero-order chi connectivity index (χ0) is 24.1. The Labute approximate surface area is 192 Å². The highest BCUT2D eigenvalue weighted by Crippen LogP contribution is 2.31. The number of aromatic nitrogens is 1. The molecule has 1 aliphatic heterocycles. The second kappa shape index (κ2) is 9.90. The molecule has 0 radical (unpaired) electrons. The van der Waals surface area contributed by atoms with Crippen molar-refractivity contribution in [2.45, 2.75) is 19.0 Å². The molecular formula is C24H20F4N4O2. The quantitative estimate of drug-likeness (QED) is 0.477. The van der Waals surface area contributed by atoms with Gasteiger partial charge in [-0.15, -0.1) is 0 Å². The van der Waals surface area contributed by atoms with Crippen LogP contribution in [0.25, 0.3) is 0 Å². The Morgan fingerprint density at radius 1 is 1.09 bits per heavy atom. The number of halogens is 4. The molecule has 4 rings (SSSR count). The topological polar surface area (TPSA) is 75.6 Å². The molecule has 2 heterocycles. The summed E-state index contributed by atoms with van der Waals surface area (Å²) >= 11 is 0. The van der Waals surface area contributed by atoms with Gasteiger partial charge >= 0.3 is 6.18 Å². The zero-order valence-corrected chi connectivity index (χ0v) is 17.8. The number of ether oxygens (including phenoxy) is 1. The lowest BCUT2D eigenvalue weighted by Gasteiger charge is -2.11. The predicted octanol–water partition coefficient (Wildman–Crippen LogP) is 4.95. The van der Waals surface area contributed by atoms with Crippen molar-refractivity contribution in [2.24, 2.45) is 4.99 Å². The highest BCUT2D eigenvalue weighted by Gasteiger charge is 2.31. The first kappa shape index (κ1) is 23.2. The minimum Gasteiger partial charge on any atom is -0.457 e. The van der Waals surface area contributed by atoms with Gasteiger partial charge in [0.1, 0.15) is 28.8 Å². The number of nitrogens with one attached hydrogen (secondary N) is 2. The number of hydrogen-bond donors (Lipinski definition) is 2. The Kier molecular flexibility index (Phi) is 6.76. The molecule has 10 heteroatoms. The maximum Gasteiger partial charge on any atom is 0.416 e. The van der Waals surface area contributed by atoms with Crippen LogP contribution in [0.5, 0.6) is 11.5 Å². The Morgan fingerprint density at radius 3 is 2.68 bits per heavy atom. The number of aryl methyl sites for hydroxylation is 1. The molecule has 34 heavy (non-hydrogen) atoms. The SMILES string of the molecule is O=C(CCc1cccc(Oc2ccnc(C3=NCCN3)c2)c1)Nc1cc(F)cc(C(F)(F)F)c1. The van der Waals surface area contributed by atoms with Crippen LogP contribution in [-0.2, 0) is 17.4 Å². The fourth-order valence-electron chi connectivity index (χ4n) is 3.38. The normalized spacial score (nSPS) is 13.2. The van der Waals surface area contributed by atoms with Crippen molar-refractivity contribution < 1.29 is 27.1 Å². The second-order valence-corrected chi connectivity index (χ2v) is 7.56. The van der Waals surface area contributed by atoms with E-state index in [0.717, 1.165) is 18.2 Å². The molecule has 0 aliphatic carbocycles. The van der Waals surface area contributed by atoms with Gasteiger partial charge in [0.25, 0.3) is 0 Å². The number of amidine groups is 1. The van der Waals surface area contributed by atoms with Crippen molar-refractivity contribution in [3.63, 3.8) is 0 Å². The van der Waals surface area contributed by atoms with Gasteiger partial charge in [-0.25, -0.2) is 4.39 Å². The first-order chi connectivity index (χ1) is 16.3. The molecule has 176 valence electrons. The van der Waals surface area contributed by atoms with Crippen molar-refractivity contribution in [3.05, 3.63) is 83.4 Å². The fourth-order valence-corrected chi connectivity index (χ4v) is 3.38. The molecule has 6 nitrogen and oxygen atoms in total. The van der Waals surface area contributed by atoms with Crippen LogP contribution >= 0.6 is 0 Å². The van der Waals surface area contributed by atoms with Gasteiger partial charge in [-0.3, -0.25) is 14.8 Å². The Morgan fingerprint density at radius 2 is 1.91 bits per heavy atom.